The molecule has 0 unspecified atom stereocenters. The molecule has 0 atom stereocenters. The lowest BCUT2D eigenvalue weighted by atomic mass is 10.1. The van der Waals surface area contributed by atoms with E-state index in [0.29, 0.717) is 0 Å². The number of nitrogens with zero attached hydrogens (tertiary/aromatic N) is 1. The van der Waals surface area contributed by atoms with Gasteiger partial charge in [0.25, 0.3) is 5.56 Å². The van der Waals surface area contributed by atoms with Crippen LogP contribution in [0, 0.1) is 5.82 Å². The molecule has 1 heterocycles. The molecule has 0 saturated heterocycles. The number of halogens is 1. The Labute approximate surface area is 128 Å². The van der Waals surface area contributed by atoms with Gasteiger partial charge in [-0.15, -0.1) is 0 Å². The number of H-pyrrole nitrogens is 1. The molecule has 0 aliphatic rings. The van der Waals surface area contributed by atoms with E-state index in [2.05, 4.69) is 9.72 Å². The van der Waals surface area contributed by atoms with Crippen molar-refractivity contribution in [1.29, 1.82) is 0 Å². The molecule has 7 heteroatoms. The topological polar surface area (TPSA) is 81.2 Å². The second-order valence-electron chi connectivity index (χ2n) is 4.77. The summed E-state index contributed by atoms with van der Waals surface area (Å²) < 4.78 is 19.2. The highest BCUT2D eigenvalue weighted by Crippen LogP contribution is 2.13. The number of aromatic nitrogens is 2. The monoisotopic (exact) mass is 314 g/mol. The van der Waals surface area contributed by atoms with Crippen LogP contribution in [-0.4, -0.2) is 22.6 Å². The predicted molar refractivity (Wildman–Crippen MR) is 81.5 cm³/mol. The van der Waals surface area contributed by atoms with Gasteiger partial charge in [-0.25, -0.2) is 18.5 Å². The van der Waals surface area contributed by atoms with E-state index in [-0.39, 0.29) is 22.2 Å². The number of hydrogen-bond acceptors (Lipinski definition) is 4. The summed E-state index contributed by atoms with van der Waals surface area (Å²) in [6, 6.07) is 9.61. The zero-order valence-corrected chi connectivity index (χ0v) is 12.0. The Morgan fingerprint density at radius 3 is 2.61 bits per heavy atom. The number of ether oxygens (including phenoxy) is 1. The van der Waals surface area contributed by atoms with Crippen LogP contribution >= 0.6 is 0 Å². The number of carbonyl (C=O) groups is 1. The predicted octanol–water partition coefficient (Wildman–Crippen LogP) is 1.60. The van der Waals surface area contributed by atoms with Crippen molar-refractivity contribution in [3.63, 3.8) is 0 Å². The Kier molecular flexibility index (Phi) is 3.53. The third kappa shape index (κ3) is 2.42. The van der Waals surface area contributed by atoms with Crippen molar-refractivity contribution in [3.8, 4) is 5.69 Å². The standard InChI is InChI=1S/C16H11FN2O4/c1-23-15(21)9-6-7-10-12(8-9)18-16(22)19(14(10)20)13-5-3-2-4-11(13)17/h2-8H,1H3,(H,18,22). The molecule has 0 amide bonds. The van der Waals surface area contributed by atoms with Gasteiger partial charge in [0.2, 0.25) is 0 Å². The van der Waals surface area contributed by atoms with Gasteiger partial charge in [-0.3, -0.25) is 4.79 Å². The molecule has 6 nitrogen and oxygen atoms in total. The number of methoxy groups -OCH3 is 1. The second-order valence-corrected chi connectivity index (χ2v) is 4.77. The quantitative estimate of drug-likeness (QED) is 0.729. The van der Waals surface area contributed by atoms with Crippen molar-refractivity contribution in [2.75, 3.05) is 7.11 Å². The second kappa shape index (κ2) is 5.53. The van der Waals surface area contributed by atoms with E-state index in [0.717, 1.165) is 10.6 Å². The summed E-state index contributed by atoms with van der Waals surface area (Å²) in [4.78, 5) is 38.7. The summed E-state index contributed by atoms with van der Waals surface area (Å²) in [7, 11) is 1.23. The minimum absolute atomic E-state index is 0.141. The molecule has 0 saturated carbocycles. The first-order valence-corrected chi connectivity index (χ1v) is 6.65. The van der Waals surface area contributed by atoms with Crippen molar-refractivity contribution < 1.29 is 13.9 Å². The first-order valence-electron chi connectivity index (χ1n) is 6.65. The van der Waals surface area contributed by atoms with E-state index in [1.165, 1.54) is 43.5 Å². The molecule has 0 spiro atoms. The fourth-order valence-electron chi connectivity index (χ4n) is 2.31. The number of esters is 1. The van der Waals surface area contributed by atoms with Gasteiger partial charge in [0, 0.05) is 0 Å². The SMILES string of the molecule is COC(=O)c1ccc2c(=O)n(-c3ccccc3F)c(=O)[nH]c2c1. The first-order chi connectivity index (χ1) is 11.0. The Balaban J connectivity index is 2.32. The lowest BCUT2D eigenvalue weighted by molar-refractivity contribution is 0.0601. The lowest BCUT2D eigenvalue weighted by Gasteiger charge is -2.08. The van der Waals surface area contributed by atoms with Gasteiger partial charge in [0.05, 0.1) is 29.3 Å². The average Bonchev–Trinajstić information content (AvgIpc) is 2.55. The van der Waals surface area contributed by atoms with Crippen molar-refractivity contribution >= 4 is 16.9 Å². The minimum atomic E-state index is -0.797. The Bertz CT molecular complexity index is 1040. The van der Waals surface area contributed by atoms with Crippen LogP contribution in [-0.2, 0) is 4.74 Å². The number of benzene rings is 2. The molecule has 1 aromatic heterocycles. The van der Waals surface area contributed by atoms with E-state index >= 15 is 0 Å². The van der Waals surface area contributed by atoms with Crippen LogP contribution in [0.15, 0.2) is 52.1 Å². The summed E-state index contributed by atoms with van der Waals surface area (Å²) in [5.41, 5.74) is -1.24. The number of aromatic amines is 1. The zero-order chi connectivity index (χ0) is 16.6. The summed E-state index contributed by atoms with van der Waals surface area (Å²) >= 11 is 0. The number of fused-ring (bicyclic) bond motifs is 1. The number of hydrogen-bond donors (Lipinski definition) is 1. The molecule has 0 aliphatic carbocycles. The van der Waals surface area contributed by atoms with Crippen molar-refractivity contribution in [1.82, 2.24) is 9.55 Å². The highest BCUT2D eigenvalue weighted by molar-refractivity contribution is 5.93. The van der Waals surface area contributed by atoms with Crippen molar-refractivity contribution in [3.05, 3.63) is 74.7 Å². The summed E-state index contributed by atoms with van der Waals surface area (Å²) in [6.45, 7) is 0. The minimum Gasteiger partial charge on any atom is -0.465 e. The number of para-hydroxylation sites is 1. The van der Waals surface area contributed by atoms with Crippen LogP contribution < -0.4 is 11.2 Å². The van der Waals surface area contributed by atoms with Gasteiger partial charge in [-0.05, 0) is 30.3 Å². The van der Waals surface area contributed by atoms with Crippen LogP contribution in [0.2, 0.25) is 0 Å². The van der Waals surface area contributed by atoms with Gasteiger partial charge < -0.3 is 9.72 Å². The normalized spacial score (nSPS) is 10.7. The van der Waals surface area contributed by atoms with Crippen LogP contribution in [0.3, 0.4) is 0 Å². The van der Waals surface area contributed by atoms with E-state index in [1.54, 1.807) is 0 Å². The number of rotatable bonds is 2. The summed E-state index contributed by atoms with van der Waals surface area (Å²) in [5, 5.41) is 0.153. The van der Waals surface area contributed by atoms with Gasteiger partial charge in [0.15, 0.2) is 0 Å². The molecule has 3 rings (SSSR count). The van der Waals surface area contributed by atoms with E-state index < -0.39 is 23.0 Å². The maximum absolute atomic E-state index is 13.9. The number of nitrogens with one attached hydrogen (secondary N) is 1. The lowest BCUT2D eigenvalue weighted by Crippen LogP contribution is -2.34. The van der Waals surface area contributed by atoms with Crippen molar-refractivity contribution in [2.24, 2.45) is 0 Å². The molecule has 1 N–H and O–H groups in total. The maximum atomic E-state index is 13.9. The van der Waals surface area contributed by atoms with Gasteiger partial charge in [-0.1, -0.05) is 12.1 Å². The van der Waals surface area contributed by atoms with Crippen LogP contribution in [0.25, 0.3) is 16.6 Å². The van der Waals surface area contributed by atoms with E-state index in [1.807, 2.05) is 0 Å². The maximum Gasteiger partial charge on any atom is 0.337 e. The summed E-state index contributed by atoms with van der Waals surface area (Å²) in [5.74, 6) is -1.28. The molecule has 2 aromatic carbocycles. The molecule has 116 valence electrons. The third-order valence-electron chi connectivity index (χ3n) is 3.41. The molecule has 0 radical (unpaired) electrons. The van der Waals surface area contributed by atoms with Crippen molar-refractivity contribution in [2.45, 2.75) is 0 Å². The van der Waals surface area contributed by atoms with Gasteiger partial charge >= 0.3 is 11.7 Å². The molecule has 0 aliphatic heterocycles. The highest BCUT2D eigenvalue weighted by Gasteiger charge is 2.14. The van der Waals surface area contributed by atoms with Crippen LogP contribution in [0.1, 0.15) is 10.4 Å². The highest BCUT2D eigenvalue weighted by atomic mass is 19.1. The van der Waals surface area contributed by atoms with Crippen LogP contribution in [0.5, 0.6) is 0 Å². The Hall–Kier alpha value is -3.22. The average molecular weight is 314 g/mol. The molecule has 3 aromatic rings. The smallest absolute Gasteiger partial charge is 0.337 e. The fourth-order valence-corrected chi connectivity index (χ4v) is 2.31. The molecular weight excluding hydrogens is 303 g/mol. The Morgan fingerprint density at radius 1 is 1.17 bits per heavy atom. The third-order valence-corrected chi connectivity index (χ3v) is 3.41. The zero-order valence-electron chi connectivity index (χ0n) is 12.0. The van der Waals surface area contributed by atoms with Gasteiger partial charge in [0.1, 0.15) is 5.82 Å². The van der Waals surface area contributed by atoms with E-state index in [9.17, 15) is 18.8 Å². The summed E-state index contributed by atoms with van der Waals surface area (Å²) in [6.07, 6.45) is 0. The largest absolute Gasteiger partial charge is 0.465 e. The first kappa shape index (κ1) is 14.7. The fraction of sp³-hybridized carbons (Fsp3) is 0.0625. The van der Waals surface area contributed by atoms with Crippen LogP contribution in [0.4, 0.5) is 4.39 Å². The molecular formula is C16H11FN2O4. The molecule has 0 bridgehead atoms. The number of carbonyl (C=O) groups excluding carboxylic acids is 1. The van der Waals surface area contributed by atoms with E-state index in [4.69, 9.17) is 0 Å². The molecule has 0 fully saturated rings. The van der Waals surface area contributed by atoms with Gasteiger partial charge in [-0.2, -0.15) is 0 Å². The Morgan fingerprint density at radius 2 is 1.91 bits per heavy atom. The molecule has 23 heavy (non-hydrogen) atoms.